The third-order valence-corrected chi connectivity index (χ3v) is 6.10. The molecule has 0 unspecified atom stereocenters. The van der Waals surface area contributed by atoms with Crippen LogP contribution in [0.25, 0.3) is 11.0 Å². The SMILES string of the molecule is Cn1cc(CCN2CCC(C(=O)NCc3ccc(Cl)cc3)CC2)c2cccnc21. The predicted octanol–water partition coefficient (Wildman–Crippen LogP) is 3.80. The quantitative estimate of drug-likeness (QED) is 0.672. The summed E-state index contributed by atoms with van der Waals surface area (Å²) in [7, 11) is 2.05. The molecule has 0 bridgehead atoms. The Morgan fingerprint density at radius 3 is 2.72 bits per heavy atom. The minimum atomic E-state index is 0.111. The molecule has 1 amide bonds. The van der Waals surface area contributed by atoms with Crippen LogP contribution in [0.2, 0.25) is 5.02 Å². The molecule has 0 aliphatic carbocycles. The maximum atomic E-state index is 12.5. The minimum Gasteiger partial charge on any atom is -0.352 e. The summed E-state index contributed by atoms with van der Waals surface area (Å²) in [5.41, 5.74) is 3.46. The number of piperidine rings is 1. The molecule has 5 nitrogen and oxygen atoms in total. The molecule has 1 aliphatic rings. The number of hydrogen-bond donors (Lipinski definition) is 1. The Bertz CT molecular complexity index is 974. The summed E-state index contributed by atoms with van der Waals surface area (Å²) >= 11 is 5.91. The second-order valence-corrected chi connectivity index (χ2v) is 8.29. The Morgan fingerprint density at radius 1 is 1.21 bits per heavy atom. The summed E-state index contributed by atoms with van der Waals surface area (Å²) in [6.07, 6.45) is 6.88. The average molecular weight is 411 g/mol. The zero-order chi connectivity index (χ0) is 20.2. The molecule has 1 saturated heterocycles. The van der Waals surface area contributed by atoms with E-state index in [9.17, 15) is 4.79 Å². The number of halogens is 1. The fourth-order valence-corrected chi connectivity index (χ4v) is 4.25. The van der Waals surface area contributed by atoms with Gasteiger partial charge in [-0.1, -0.05) is 23.7 Å². The summed E-state index contributed by atoms with van der Waals surface area (Å²) in [5, 5.41) is 5.03. The highest BCUT2D eigenvalue weighted by Gasteiger charge is 2.24. The number of aryl methyl sites for hydroxylation is 1. The monoisotopic (exact) mass is 410 g/mol. The van der Waals surface area contributed by atoms with Crippen molar-refractivity contribution >= 4 is 28.5 Å². The molecule has 1 fully saturated rings. The lowest BCUT2D eigenvalue weighted by Crippen LogP contribution is -2.41. The third kappa shape index (κ3) is 4.80. The van der Waals surface area contributed by atoms with Crippen molar-refractivity contribution in [1.82, 2.24) is 19.8 Å². The van der Waals surface area contributed by atoms with E-state index in [-0.39, 0.29) is 11.8 Å². The Labute approximate surface area is 176 Å². The van der Waals surface area contributed by atoms with Gasteiger partial charge in [0.05, 0.1) is 0 Å². The summed E-state index contributed by atoms with van der Waals surface area (Å²) in [6, 6.07) is 11.8. The number of nitrogens with one attached hydrogen (secondary N) is 1. The van der Waals surface area contributed by atoms with Gasteiger partial charge >= 0.3 is 0 Å². The van der Waals surface area contributed by atoms with Crippen molar-refractivity contribution in [2.75, 3.05) is 19.6 Å². The first-order valence-corrected chi connectivity index (χ1v) is 10.6. The van der Waals surface area contributed by atoms with Gasteiger partial charge in [-0.15, -0.1) is 0 Å². The van der Waals surface area contributed by atoms with Crippen LogP contribution in [-0.4, -0.2) is 40.0 Å². The van der Waals surface area contributed by atoms with E-state index in [4.69, 9.17) is 11.6 Å². The lowest BCUT2D eigenvalue weighted by Gasteiger charge is -2.31. The van der Waals surface area contributed by atoms with Gasteiger partial charge in [0.2, 0.25) is 5.91 Å². The first-order chi connectivity index (χ1) is 14.1. The standard InChI is InChI=1S/C23H27ClN4O/c1-27-16-19(21-3-2-11-25-22(21)27)10-14-28-12-8-18(9-13-28)23(29)26-15-17-4-6-20(24)7-5-17/h2-7,11,16,18H,8-10,12-15H2,1H3,(H,26,29). The number of pyridine rings is 1. The van der Waals surface area contributed by atoms with E-state index >= 15 is 0 Å². The van der Waals surface area contributed by atoms with Gasteiger partial charge in [-0.3, -0.25) is 4.79 Å². The number of rotatable bonds is 6. The molecule has 1 aliphatic heterocycles. The minimum absolute atomic E-state index is 0.111. The van der Waals surface area contributed by atoms with Crippen LogP contribution in [0.1, 0.15) is 24.0 Å². The molecule has 0 saturated carbocycles. The van der Waals surface area contributed by atoms with Crippen LogP contribution in [0.4, 0.5) is 0 Å². The molecule has 0 spiro atoms. The van der Waals surface area contributed by atoms with Crippen LogP contribution >= 0.6 is 11.6 Å². The summed E-state index contributed by atoms with van der Waals surface area (Å²) < 4.78 is 2.10. The van der Waals surface area contributed by atoms with Crippen molar-refractivity contribution < 1.29 is 4.79 Å². The number of fused-ring (bicyclic) bond motifs is 1. The van der Waals surface area contributed by atoms with Crippen LogP contribution in [0.5, 0.6) is 0 Å². The molecule has 4 rings (SSSR count). The lowest BCUT2D eigenvalue weighted by atomic mass is 9.95. The number of aromatic nitrogens is 2. The number of hydrogen-bond acceptors (Lipinski definition) is 3. The predicted molar refractivity (Wildman–Crippen MR) is 117 cm³/mol. The molecular formula is C23H27ClN4O. The van der Waals surface area contributed by atoms with Crippen molar-refractivity contribution in [3.63, 3.8) is 0 Å². The molecule has 0 atom stereocenters. The first-order valence-electron chi connectivity index (χ1n) is 10.2. The van der Waals surface area contributed by atoms with Crippen LogP contribution in [0.3, 0.4) is 0 Å². The molecule has 3 aromatic rings. The molecule has 2 aromatic heterocycles. The summed E-state index contributed by atoms with van der Waals surface area (Å²) in [5.74, 6) is 0.278. The van der Waals surface area contributed by atoms with Crippen molar-refractivity contribution in [3.05, 3.63) is 64.9 Å². The zero-order valence-corrected chi connectivity index (χ0v) is 17.5. The fraction of sp³-hybridized carbons (Fsp3) is 0.391. The molecule has 3 heterocycles. The fourth-order valence-electron chi connectivity index (χ4n) is 4.13. The molecule has 29 heavy (non-hydrogen) atoms. The number of nitrogens with zero attached hydrogens (tertiary/aromatic N) is 3. The van der Waals surface area contributed by atoms with Crippen molar-refractivity contribution in [2.24, 2.45) is 13.0 Å². The van der Waals surface area contributed by atoms with Crippen molar-refractivity contribution in [2.45, 2.75) is 25.8 Å². The number of benzene rings is 1. The van der Waals surface area contributed by atoms with Gasteiger partial charge in [0.25, 0.3) is 0 Å². The van der Waals surface area contributed by atoms with E-state index in [2.05, 4.69) is 32.0 Å². The van der Waals surface area contributed by atoms with Gasteiger partial charge in [0.15, 0.2) is 0 Å². The van der Waals surface area contributed by atoms with E-state index in [0.29, 0.717) is 11.6 Å². The van der Waals surface area contributed by atoms with Crippen molar-refractivity contribution in [3.8, 4) is 0 Å². The van der Waals surface area contributed by atoms with Gasteiger partial charge in [0, 0.05) is 48.9 Å². The molecule has 1 aromatic carbocycles. The molecular weight excluding hydrogens is 384 g/mol. The molecule has 152 valence electrons. The maximum absolute atomic E-state index is 12.5. The van der Waals surface area contributed by atoms with Gasteiger partial charge in [0.1, 0.15) is 5.65 Å². The van der Waals surface area contributed by atoms with E-state index in [1.165, 1.54) is 10.9 Å². The number of carbonyl (C=O) groups is 1. The van der Waals surface area contributed by atoms with E-state index in [0.717, 1.165) is 50.1 Å². The van der Waals surface area contributed by atoms with Gasteiger partial charge in [-0.2, -0.15) is 0 Å². The second kappa shape index (κ2) is 8.97. The van der Waals surface area contributed by atoms with Gasteiger partial charge in [-0.25, -0.2) is 4.98 Å². The van der Waals surface area contributed by atoms with Crippen LogP contribution in [-0.2, 0) is 24.8 Å². The number of amides is 1. The van der Waals surface area contributed by atoms with E-state index < -0.39 is 0 Å². The Balaban J connectivity index is 1.23. The molecule has 0 radical (unpaired) electrons. The van der Waals surface area contributed by atoms with Crippen LogP contribution in [0, 0.1) is 5.92 Å². The smallest absolute Gasteiger partial charge is 0.223 e. The third-order valence-electron chi connectivity index (χ3n) is 5.85. The average Bonchev–Trinajstić information content (AvgIpc) is 3.08. The van der Waals surface area contributed by atoms with Crippen LogP contribution in [0.15, 0.2) is 48.8 Å². The summed E-state index contributed by atoms with van der Waals surface area (Å²) in [4.78, 5) is 19.4. The number of carbonyl (C=O) groups excluding carboxylic acids is 1. The van der Waals surface area contributed by atoms with Gasteiger partial charge in [-0.05, 0) is 67.7 Å². The van der Waals surface area contributed by atoms with Crippen LogP contribution < -0.4 is 5.32 Å². The zero-order valence-electron chi connectivity index (χ0n) is 16.8. The lowest BCUT2D eigenvalue weighted by molar-refractivity contribution is -0.126. The maximum Gasteiger partial charge on any atom is 0.223 e. The molecule has 1 N–H and O–H groups in total. The Hall–Kier alpha value is -2.37. The normalized spacial score (nSPS) is 15.7. The van der Waals surface area contributed by atoms with Gasteiger partial charge < -0.3 is 14.8 Å². The highest BCUT2D eigenvalue weighted by atomic mass is 35.5. The van der Waals surface area contributed by atoms with E-state index in [1.54, 1.807) is 0 Å². The first kappa shape index (κ1) is 19.9. The largest absolute Gasteiger partial charge is 0.352 e. The molecule has 6 heteroatoms. The Kier molecular flexibility index (Phi) is 6.16. The topological polar surface area (TPSA) is 50.2 Å². The van der Waals surface area contributed by atoms with Crippen molar-refractivity contribution in [1.29, 1.82) is 0 Å². The number of likely N-dealkylation sites (tertiary alicyclic amines) is 1. The van der Waals surface area contributed by atoms with E-state index in [1.807, 2.05) is 43.6 Å². The highest BCUT2D eigenvalue weighted by Crippen LogP contribution is 2.21. The summed E-state index contributed by atoms with van der Waals surface area (Å²) in [6.45, 7) is 3.53. The highest BCUT2D eigenvalue weighted by molar-refractivity contribution is 6.30. The second-order valence-electron chi connectivity index (χ2n) is 7.85. The Morgan fingerprint density at radius 2 is 1.97 bits per heavy atom.